The summed E-state index contributed by atoms with van der Waals surface area (Å²) < 4.78 is 5.29. The van der Waals surface area contributed by atoms with Crippen molar-refractivity contribution in [2.24, 2.45) is 0 Å². The number of hydrogen-bond acceptors (Lipinski definition) is 6. The van der Waals surface area contributed by atoms with Gasteiger partial charge >= 0.3 is 5.97 Å². The Balaban J connectivity index is 1.42. The SMILES string of the molecule is CC(=O)Nc1ccc(N2C(=O)c3ccc(C(=O)OC(C)C(=O)NCc4ccc(C)cc4)cc3C2=O)cc1. The van der Waals surface area contributed by atoms with Gasteiger partial charge in [-0.2, -0.15) is 0 Å². The molecule has 37 heavy (non-hydrogen) atoms. The molecule has 0 spiro atoms. The van der Waals surface area contributed by atoms with E-state index in [4.69, 9.17) is 4.74 Å². The fourth-order valence-electron chi connectivity index (χ4n) is 3.82. The summed E-state index contributed by atoms with van der Waals surface area (Å²) in [6.07, 6.45) is -1.07. The van der Waals surface area contributed by atoms with Crippen LogP contribution in [0.2, 0.25) is 0 Å². The van der Waals surface area contributed by atoms with Gasteiger partial charge in [0.15, 0.2) is 6.10 Å². The van der Waals surface area contributed by atoms with E-state index in [1.165, 1.54) is 32.0 Å². The number of imide groups is 1. The Morgan fingerprint density at radius 3 is 2.19 bits per heavy atom. The predicted octanol–water partition coefficient (Wildman–Crippen LogP) is 3.62. The quantitative estimate of drug-likeness (QED) is 0.378. The highest BCUT2D eigenvalue weighted by atomic mass is 16.5. The van der Waals surface area contributed by atoms with Gasteiger partial charge in [0.05, 0.1) is 22.4 Å². The lowest BCUT2D eigenvalue weighted by molar-refractivity contribution is -0.129. The van der Waals surface area contributed by atoms with Gasteiger partial charge in [-0.15, -0.1) is 0 Å². The average molecular weight is 500 g/mol. The number of hydrogen-bond donors (Lipinski definition) is 2. The second kappa shape index (κ2) is 10.4. The van der Waals surface area contributed by atoms with Gasteiger partial charge in [0, 0.05) is 19.2 Å². The summed E-state index contributed by atoms with van der Waals surface area (Å²) in [6, 6.07) is 18.0. The van der Waals surface area contributed by atoms with Crippen LogP contribution >= 0.6 is 0 Å². The lowest BCUT2D eigenvalue weighted by Crippen LogP contribution is -2.35. The van der Waals surface area contributed by atoms with Crippen molar-refractivity contribution >= 4 is 41.0 Å². The maximum absolute atomic E-state index is 13.0. The van der Waals surface area contributed by atoms with Crippen molar-refractivity contribution in [3.8, 4) is 0 Å². The zero-order chi connectivity index (χ0) is 26.7. The van der Waals surface area contributed by atoms with Gasteiger partial charge in [0.25, 0.3) is 17.7 Å². The number of esters is 1. The van der Waals surface area contributed by atoms with Crippen LogP contribution in [0.3, 0.4) is 0 Å². The van der Waals surface area contributed by atoms with Crippen LogP contribution < -0.4 is 15.5 Å². The molecule has 0 radical (unpaired) electrons. The monoisotopic (exact) mass is 499 g/mol. The molecule has 9 nitrogen and oxygen atoms in total. The lowest BCUT2D eigenvalue weighted by Gasteiger charge is -2.14. The van der Waals surface area contributed by atoms with Gasteiger partial charge < -0.3 is 15.4 Å². The highest BCUT2D eigenvalue weighted by Gasteiger charge is 2.37. The van der Waals surface area contributed by atoms with Gasteiger partial charge in [-0.3, -0.25) is 19.2 Å². The predicted molar refractivity (Wildman–Crippen MR) is 136 cm³/mol. The minimum atomic E-state index is -1.07. The van der Waals surface area contributed by atoms with E-state index in [2.05, 4.69) is 10.6 Å². The maximum atomic E-state index is 13.0. The van der Waals surface area contributed by atoms with Crippen LogP contribution in [-0.4, -0.2) is 35.7 Å². The third-order valence-corrected chi connectivity index (χ3v) is 5.81. The first-order valence-electron chi connectivity index (χ1n) is 11.6. The van der Waals surface area contributed by atoms with Crippen LogP contribution in [0.15, 0.2) is 66.7 Å². The second-order valence-corrected chi connectivity index (χ2v) is 8.69. The zero-order valence-electron chi connectivity index (χ0n) is 20.5. The molecule has 1 atom stereocenters. The molecule has 0 aromatic heterocycles. The first kappa shape index (κ1) is 25.3. The molecule has 0 saturated carbocycles. The number of nitrogens with one attached hydrogen (secondary N) is 2. The zero-order valence-corrected chi connectivity index (χ0v) is 20.5. The van der Waals surface area contributed by atoms with Gasteiger partial charge in [-0.05, 0) is 61.9 Å². The third kappa shape index (κ3) is 5.56. The molecule has 1 heterocycles. The number of amides is 4. The Hall–Kier alpha value is -4.79. The Morgan fingerprint density at radius 2 is 1.54 bits per heavy atom. The van der Waals surface area contributed by atoms with Crippen molar-refractivity contribution in [1.29, 1.82) is 0 Å². The molecule has 4 rings (SSSR count). The van der Waals surface area contributed by atoms with Crippen molar-refractivity contribution in [2.45, 2.75) is 33.4 Å². The maximum Gasteiger partial charge on any atom is 0.338 e. The summed E-state index contributed by atoms with van der Waals surface area (Å²) in [4.78, 5) is 63.2. The number of benzene rings is 3. The van der Waals surface area contributed by atoms with Crippen LogP contribution in [0.1, 0.15) is 56.0 Å². The number of nitrogens with zero attached hydrogens (tertiary/aromatic N) is 1. The number of aryl methyl sites for hydroxylation is 1. The first-order chi connectivity index (χ1) is 17.6. The summed E-state index contributed by atoms with van der Waals surface area (Å²) in [6.45, 7) is 5.09. The van der Waals surface area contributed by atoms with E-state index in [9.17, 15) is 24.0 Å². The Kier molecular flexibility index (Phi) is 7.15. The van der Waals surface area contributed by atoms with Crippen molar-refractivity contribution in [3.05, 3.63) is 94.5 Å². The molecular formula is C28H25N3O6. The molecule has 0 saturated heterocycles. The van der Waals surface area contributed by atoms with E-state index >= 15 is 0 Å². The summed E-state index contributed by atoms with van der Waals surface area (Å²) >= 11 is 0. The van der Waals surface area contributed by atoms with Crippen LogP contribution in [0, 0.1) is 6.92 Å². The van der Waals surface area contributed by atoms with Crippen molar-refractivity contribution in [2.75, 3.05) is 10.2 Å². The van der Waals surface area contributed by atoms with Crippen LogP contribution in [0.25, 0.3) is 0 Å². The van der Waals surface area contributed by atoms with Crippen LogP contribution in [0.4, 0.5) is 11.4 Å². The van der Waals surface area contributed by atoms with Crippen LogP contribution in [-0.2, 0) is 20.9 Å². The molecule has 1 aliphatic rings. The fraction of sp³-hybridized carbons (Fsp3) is 0.179. The molecule has 0 aliphatic carbocycles. The van der Waals surface area contributed by atoms with Gasteiger partial charge in [-0.25, -0.2) is 9.69 Å². The summed E-state index contributed by atoms with van der Waals surface area (Å²) in [7, 11) is 0. The minimum absolute atomic E-state index is 0.0425. The van der Waals surface area contributed by atoms with E-state index in [0.717, 1.165) is 16.0 Å². The minimum Gasteiger partial charge on any atom is -0.449 e. The topological polar surface area (TPSA) is 122 Å². The fourth-order valence-corrected chi connectivity index (χ4v) is 3.82. The van der Waals surface area contributed by atoms with E-state index in [0.29, 0.717) is 11.4 Å². The number of anilines is 2. The van der Waals surface area contributed by atoms with Gasteiger partial charge in [0.1, 0.15) is 0 Å². The second-order valence-electron chi connectivity index (χ2n) is 8.69. The highest BCUT2D eigenvalue weighted by Crippen LogP contribution is 2.30. The lowest BCUT2D eigenvalue weighted by atomic mass is 10.1. The van der Waals surface area contributed by atoms with E-state index in [1.807, 2.05) is 31.2 Å². The molecule has 9 heteroatoms. The van der Waals surface area contributed by atoms with Crippen molar-refractivity contribution in [3.63, 3.8) is 0 Å². The number of ether oxygens (including phenoxy) is 1. The summed E-state index contributed by atoms with van der Waals surface area (Å²) in [5, 5.41) is 5.34. The molecule has 0 fully saturated rings. The number of rotatable bonds is 7. The highest BCUT2D eigenvalue weighted by molar-refractivity contribution is 6.34. The molecule has 2 N–H and O–H groups in total. The molecule has 1 aliphatic heterocycles. The normalized spacial score (nSPS) is 13.1. The molecule has 188 valence electrons. The number of carbonyl (C=O) groups excluding carboxylic acids is 5. The number of carbonyl (C=O) groups is 5. The van der Waals surface area contributed by atoms with E-state index in [1.54, 1.807) is 24.3 Å². The summed E-state index contributed by atoms with van der Waals surface area (Å²) in [5.74, 6) is -2.62. The Morgan fingerprint density at radius 1 is 0.892 bits per heavy atom. The molecular weight excluding hydrogens is 474 g/mol. The smallest absolute Gasteiger partial charge is 0.338 e. The Bertz CT molecular complexity index is 1400. The van der Waals surface area contributed by atoms with Crippen molar-refractivity contribution < 1.29 is 28.7 Å². The molecule has 3 aromatic carbocycles. The van der Waals surface area contributed by atoms with Crippen molar-refractivity contribution in [1.82, 2.24) is 5.32 Å². The standard InChI is InChI=1S/C28H25N3O6/c1-16-4-6-19(7-5-16)15-29-25(33)17(2)37-28(36)20-8-13-23-24(14-20)27(35)31(26(23)34)22-11-9-21(10-12-22)30-18(3)32/h4-14,17H,15H2,1-3H3,(H,29,33)(H,30,32). The van der Waals surface area contributed by atoms with E-state index < -0.39 is 29.8 Å². The molecule has 3 aromatic rings. The van der Waals surface area contributed by atoms with Crippen LogP contribution in [0.5, 0.6) is 0 Å². The Labute approximate surface area is 213 Å². The number of fused-ring (bicyclic) bond motifs is 1. The molecule has 4 amide bonds. The molecule has 1 unspecified atom stereocenters. The summed E-state index contributed by atoms with van der Waals surface area (Å²) in [5.41, 5.74) is 3.11. The van der Waals surface area contributed by atoms with Gasteiger partial charge in [-0.1, -0.05) is 29.8 Å². The third-order valence-electron chi connectivity index (χ3n) is 5.81. The van der Waals surface area contributed by atoms with Gasteiger partial charge in [0.2, 0.25) is 5.91 Å². The largest absolute Gasteiger partial charge is 0.449 e. The molecule has 0 bridgehead atoms. The first-order valence-corrected chi connectivity index (χ1v) is 11.6. The average Bonchev–Trinajstić information content (AvgIpc) is 3.12. The van der Waals surface area contributed by atoms with E-state index in [-0.39, 0.29) is 29.1 Å².